The van der Waals surface area contributed by atoms with E-state index in [2.05, 4.69) is 0 Å². The standard InChI is InChI=1S/C26H38O4/c27-21(28)1-3-23-7-17-5-18(8-23)12-25(11-17,15-23)26-13-19-6-20(14-26)10-24(9-19,16-26)4-2-22(29)30/h17-20H,1-16H2,(H,27,28)(H,29,30). The molecule has 4 nitrogen and oxygen atoms in total. The minimum absolute atomic E-state index is 0.292. The summed E-state index contributed by atoms with van der Waals surface area (Å²) in [6.45, 7) is 0. The second-order valence-corrected chi connectivity index (χ2v) is 13.3. The molecule has 0 spiro atoms. The minimum Gasteiger partial charge on any atom is -0.481 e. The van der Waals surface area contributed by atoms with Crippen LogP contribution in [0.2, 0.25) is 0 Å². The highest BCUT2D eigenvalue weighted by atomic mass is 16.4. The van der Waals surface area contributed by atoms with Crippen molar-refractivity contribution in [1.29, 1.82) is 0 Å². The van der Waals surface area contributed by atoms with E-state index < -0.39 is 11.9 Å². The lowest BCUT2D eigenvalue weighted by Gasteiger charge is -2.74. The summed E-state index contributed by atoms with van der Waals surface area (Å²) in [5.41, 5.74) is 1.45. The zero-order chi connectivity index (χ0) is 20.8. The summed E-state index contributed by atoms with van der Waals surface area (Å²) in [5, 5.41) is 18.8. The highest BCUT2D eigenvalue weighted by Crippen LogP contribution is 2.79. The summed E-state index contributed by atoms with van der Waals surface area (Å²) in [7, 11) is 0. The normalized spacial score (nSPS) is 52.7. The third-order valence-electron chi connectivity index (χ3n) is 11.2. The second-order valence-electron chi connectivity index (χ2n) is 13.3. The molecule has 8 aliphatic carbocycles. The van der Waals surface area contributed by atoms with Crippen LogP contribution in [-0.4, -0.2) is 22.2 Å². The van der Waals surface area contributed by atoms with Crippen LogP contribution in [-0.2, 0) is 9.59 Å². The largest absolute Gasteiger partial charge is 0.481 e. The molecule has 8 saturated carbocycles. The monoisotopic (exact) mass is 414 g/mol. The molecule has 0 saturated heterocycles. The highest BCUT2D eigenvalue weighted by molar-refractivity contribution is 5.67. The SMILES string of the molecule is O=C(O)CCC12CC3CC(C1)CC(C14CC5CC(CC(CCC(=O)O)(C5)C1)C4)(C3)C2. The lowest BCUT2D eigenvalue weighted by atomic mass is 9.31. The first-order valence-corrected chi connectivity index (χ1v) is 12.7. The zero-order valence-electron chi connectivity index (χ0n) is 18.3. The molecule has 0 aromatic carbocycles. The third kappa shape index (κ3) is 2.84. The van der Waals surface area contributed by atoms with Crippen molar-refractivity contribution in [3.8, 4) is 0 Å². The maximum Gasteiger partial charge on any atom is 0.303 e. The van der Waals surface area contributed by atoms with E-state index in [1.165, 1.54) is 77.0 Å². The number of carbonyl (C=O) groups is 2. The van der Waals surface area contributed by atoms with Crippen LogP contribution < -0.4 is 0 Å². The zero-order valence-corrected chi connectivity index (χ0v) is 18.3. The lowest BCUT2D eigenvalue weighted by Crippen LogP contribution is -2.64. The molecule has 8 fully saturated rings. The Balaban J connectivity index is 1.34. The number of rotatable bonds is 7. The van der Waals surface area contributed by atoms with Crippen LogP contribution >= 0.6 is 0 Å². The van der Waals surface area contributed by atoms with Crippen molar-refractivity contribution >= 4 is 11.9 Å². The Kier molecular flexibility index (Phi) is 4.09. The molecule has 4 atom stereocenters. The quantitative estimate of drug-likeness (QED) is 0.545. The minimum atomic E-state index is -0.623. The Morgan fingerprint density at radius 1 is 0.600 bits per heavy atom. The summed E-state index contributed by atoms with van der Waals surface area (Å²) in [6.07, 6.45) is 18.5. The fourth-order valence-electron chi connectivity index (χ4n) is 11.5. The van der Waals surface area contributed by atoms with Crippen LogP contribution in [0.5, 0.6) is 0 Å². The topological polar surface area (TPSA) is 74.6 Å². The first-order chi connectivity index (χ1) is 14.2. The van der Waals surface area contributed by atoms with Crippen molar-refractivity contribution in [2.75, 3.05) is 0 Å². The maximum atomic E-state index is 11.4. The van der Waals surface area contributed by atoms with E-state index >= 15 is 0 Å². The molecular weight excluding hydrogens is 376 g/mol. The van der Waals surface area contributed by atoms with Gasteiger partial charge in [0.25, 0.3) is 0 Å². The summed E-state index contributed by atoms with van der Waals surface area (Å²) in [4.78, 5) is 22.8. The first-order valence-electron chi connectivity index (χ1n) is 12.7. The van der Waals surface area contributed by atoms with E-state index in [0.717, 1.165) is 36.5 Å². The predicted molar refractivity (Wildman–Crippen MR) is 113 cm³/mol. The van der Waals surface area contributed by atoms with Gasteiger partial charge in [0.2, 0.25) is 0 Å². The van der Waals surface area contributed by atoms with Crippen LogP contribution in [0.25, 0.3) is 0 Å². The summed E-state index contributed by atoms with van der Waals surface area (Å²) < 4.78 is 0. The molecule has 8 aliphatic rings. The molecule has 8 bridgehead atoms. The number of hydrogen-bond donors (Lipinski definition) is 2. The van der Waals surface area contributed by atoms with Crippen molar-refractivity contribution in [1.82, 2.24) is 0 Å². The Morgan fingerprint density at radius 2 is 0.933 bits per heavy atom. The van der Waals surface area contributed by atoms with Gasteiger partial charge in [-0.15, -0.1) is 0 Å². The first kappa shape index (κ1) is 19.6. The molecule has 0 heterocycles. The smallest absolute Gasteiger partial charge is 0.303 e. The lowest BCUT2D eigenvalue weighted by molar-refractivity contribution is -0.240. The van der Waals surface area contributed by atoms with Crippen molar-refractivity contribution in [2.45, 2.75) is 103 Å². The van der Waals surface area contributed by atoms with Gasteiger partial charge in [-0.2, -0.15) is 0 Å². The van der Waals surface area contributed by atoms with Gasteiger partial charge in [0.15, 0.2) is 0 Å². The Hall–Kier alpha value is -1.06. The second kappa shape index (κ2) is 6.25. The maximum absolute atomic E-state index is 11.4. The summed E-state index contributed by atoms with van der Waals surface area (Å²) in [6, 6.07) is 0. The van der Waals surface area contributed by atoms with E-state index in [9.17, 15) is 19.8 Å². The summed E-state index contributed by atoms with van der Waals surface area (Å²) in [5.74, 6) is 2.04. The molecule has 0 aromatic rings. The number of aliphatic carboxylic acids is 2. The Bertz CT molecular complexity index is 677. The van der Waals surface area contributed by atoms with Gasteiger partial charge in [0.1, 0.15) is 0 Å². The average molecular weight is 415 g/mol. The van der Waals surface area contributed by atoms with Crippen LogP contribution in [0, 0.1) is 45.3 Å². The Labute approximate surface area is 180 Å². The predicted octanol–water partition coefficient (Wildman–Crippen LogP) is 5.89. The van der Waals surface area contributed by atoms with E-state index in [4.69, 9.17) is 0 Å². The molecule has 30 heavy (non-hydrogen) atoms. The molecule has 2 N–H and O–H groups in total. The molecule has 0 aromatic heterocycles. The molecule has 0 amide bonds. The molecule has 166 valence electrons. The average Bonchev–Trinajstić information content (AvgIpc) is 2.63. The van der Waals surface area contributed by atoms with Crippen molar-refractivity contribution < 1.29 is 19.8 Å². The molecule has 0 radical (unpaired) electrons. The van der Waals surface area contributed by atoms with E-state index in [-0.39, 0.29) is 0 Å². The summed E-state index contributed by atoms with van der Waals surface area (Å²) >= 11 is 0. The Morgan fingerprint density at radius 3 is 1.23 bits per heavy atom. The van der Waals surface area contributed by atoms with Gasteiger partial charge >= 0.3 is 11.9 Å². The molecule has 0 aliphatic heterocycles. The molecule has 4 unspecified atom stereocenters. The van der Waals surface area contributed by atoms with Crippen LogP contribution in [0.15, 0.2) is 0 Å². The molecule has 4 heteroatoms. The van der Waals surface area contributed by atoms with E-state index in [1.54, 1.807) is 0 Å². The van der Waals surface area contributed by atoms with Gasteiger partial charge in [-0.05, 0) is 135 Å². The number of hydrogen-bond acceptors (Lipinski definition) is 2. The fourth-order valence-corrected chi connectivity index (χ4v) is 11.5. The third-order valence-corrected chi connectivity index (χ3v) is 11.2. The van der Waals surface area contributed by atoms with Crippen LogP contribution in [0.1, 0.15) is 103 Å². The van der Waals surface area contributed by atoms with Crippen molar-refractivity contribution in [3.05, 3.63) is 0 Å². The number of carboxylic acids is 2. The van der Waals surface area contributed by atoms with E-state index in [0.29, 0.717) is 34.5 Å². The van der Waals surface area contributed by atoms with Crippen molar-refractivity contribution in [3.63, 3.8) is 0 Å². The fraction of sp³-hybridized carbons (Fsp3) is 0.923. The van der Waals surface area contributed by atoms with Crippen LogP contribution in [0.3, 0.4) is 0 Å². The van der Waals surface area contributed by atoms with Gasteiger partial charge in [0, 0.05) is 12.8 Å². The van der Waals surface area contributed by atoms with Crippen molar-refractivity contribution in [2.24, 2.45) is 45.3 Å². The highest BCUT2D eigenvalue weighted by Gasteiger charge is 2.69. The van der Waals surface area contributed by atoms with Gasteiger partial charge in [-0.1, -0.05) is 0 Å². The van der Waals surface area contributed by atoms with Crippen LogP contribution in [0.4, 0.5) is 0 Å². The van der Waals surface area contributed by atoms with Gasteiger partial charge in [-0.3, -0.25) is 9.59 Å². The molecule has 8 rings (SSSR count). The number of carboxylic acid groups (broad SMARTS) is 2. The molecular formula is C26H38O4. The van der Waals surface area contributed by atoms with E-state index in [1.807, 2.05) is 0 Å². The van der Waals surface area contributed by atoms with Gasteiger partial charge in [0.05, 0.1) is 0 Å². The van der Waals surface area contributed by atoms with Gasteiger partial charge < -0.3 is 10.2 Å². The van der Waals surface area contributed by atoms with Gasteiger partial charge in [-0.25, -0.2) is 0 Å².